The Labute approximate surface area is 95.9 Å². The number of hydrogen-bond donors (Lipinski definition) is 0. The highest BCUT2D eigenvalue weighted by molar-refractivity contribution is 5.72. The Morgan fingerprint density at radius 3 is 2.69 bits per heavy atom. The molecule has 2 bridgehead atoms. The van der Waals surface area contributed by atoms with Gasteiger partial charge in [-0.25, -0.2) is 4.79 Å². The third-order valence-electron chi connectivity index (χ3n) is 3.42. The highest BCUT2D eigenvalue weighted by Gasteiger charge is 2.52. The molecule has 1 amide bonds. The predicted octanol–water partition coefficient (Wildman–Crippen LogP) is 1.97. The average Bonchev–Trinajstić information content (AvgIpc) is 2.72. The van der Waals surface area contributed by atoms with Crippen LogP contribution in [0.4, 0.5) is 4.79 Å². The molecule has 0 spiro atoms. The Morgan fingerprint density at radius 1 is 1.50 bits per heavy atom. The van der Waals surface area contributed by atoms with E-state index in [1.807, 2.05) is 20.8 Å². The van der Waals surface area contributed by atoms with Crippen molar-refractivity contribution in [3.8, 4) is 0 Å². The highest BCUT2D eigenvalue weighted by Crippen LogP contribution is 2.46. The predicted molar refractivity (Wildman–Crippen MR) is 59.1 cm³/mol. The van der Waals surface area contributed by atoms with E-state index in [0.717, 1.165) is 25.5 Å². The fraction of sp³-hybridized carbons (Fsp3) is 0.833. The maximum atomic E-state index is 11.9. The topological polar surface area (TPSA) is 46.6 Å². The molecule has 16 heavy (non-hydrogen) atoms. The number of fused-ring (bicyclic) bond motifs is 2. The van der Waals surface area contributed by atoms with Crippen LogP contribution in [0.3, 0.4) is 0 Å². The summed E-state index contributed by atoms with van der Waals surface area (Å²) in [7, 11) is 0. The summed E-state index contributed by atoms with van der Waals surface area (Å²) in [6, 6.07) is 0.208. The molecule has 0 aromatic heterocycles. The van der Waals surface area contributed by atoms with Crippen molar-refractivity contribution in [3.05, 3.63) is 0 Å². The fourth-order valence-corrected chi connectivity index (χ4v) is 2.68. The van der Waals surface area contributed by atoms with Crippen molar-refractivity contribution in [2.45, 2.75) is 51.7 Å². The van der Waals surface area contributed by atoms with Crippen molar-refractivity contribution >= 4 is 12.4 Å². The molecule has 90 valence electrons. The molecule has 1 aliphatic carbocycles. The van der Waals surface area contributed by atoms with Gasteiger partial charge in [0.05, 0.1) is 0 Å². The average molecular weight is 225 g/mol. The molecule has 4 heteroatoms. The van der Waals surface area contributed by atoms with Crippen LogP contribution < -0.4 is 0 Å². The lowest BCUT2D eigenvalue weighted by molar-refractivity contribution is -0.115. The van der Waals surface area contributed by atoms with Gasteiger partial charge in [-0.05, 0) is 40.0 Å². The Hall–Kier alpha value is -1.06. The maximum Gasteiger partial charge on any atom is 0.410 e. The van der Waals surface area contributed by atoms with E-state index in [0.29, 0.717) is 6.54 Å². The van der Waals surface area contributed by atoms with E-state index in [-0.39, 0.29) is 17.6 Å². The number of rotatable bonds is 1. The van der Waals surface area contributed by atoms with Gasteiger partial charge in [0.25, 0.3) is 0 Å². The molecule has 2 aliphatic rings. The molecule has 2 atom stereocenters. The van der Waals surface area contributed by atoms with Gasteiger partial charge in [0, 0.05) is 18.0 Å². The molecule has 0 radical (unpaired) electrons. The molecule has 2 rings (SSSR count). The minimum absolute atomic E-state index is 0.208. The zero-order valence-electron chi connectivity index (χ0n) is 10.2. The van der Waals surface area contributed by atoms with Crippen LogP contribution in [0.1, 0.15) is 40.0 Å². The molecule has 0 N–H and O–H groups in total. The Morgan fingerprint density at radius 2 is 2.19 bits per heavy atom. The summed E-state index contributed by atoms with van der Waals surface area (Å²) in [4.78, 5) is 24.7. The zero-order chi connectivity index (χ0) is 12.0. The van der Waals surface area contributed by atoms with E-state index in [9.17, 15) is 9.59 Å². The molecule has 1 aliphatic heterocycles. The van der Waals surface area contributed by atoms with Crippen LogP contribution in [0.15, 0.2) is 0 Å². The van der Waals surface area contributed by atoms with E-state index in [1.165, 1.54) is 0 Å². The maximum absolute atomic E-state index is 11.9. The first kappa shape index (κ1) is 11.4. The van der Waals surface area contributed by atoms with Crippen molar-refractivity contribution in [3.63, 3.8) is 0 Å². The highest BCUT2D eigenvalue weighted by atomic mass is 16.6. The van der Waals surface area contributed by atoms with E-state index >= 15 is 0 Å². The molecule has 1 heterocycles. The molecular formula is C12H19NO3. The lowest BCUT2D eigenvalue weighted by atomic mass is 9.89. The SMILES string of the molecule is CC(C)(C)OC(=O)N1C[C@]2(C=O)CC[C@H]1C2. The smallest absolute Gasteiger partial charge is 0.410 e. The number of carbonyl (C=O) groups is 2. The van der Waals surface area contributed by atoms with Gasteiger partial charge < -0.3 is 14.4 Å². The van der Waals surface area contributed by atoms with Gasteiger partial charge in [0.15, 0.2) is 0 Å². The van der Waals surface area contributed by atoms with Crippen molar-refractivity contribution in [1.82, 2.24) is 4.90 Å². The third kappa shape index (κ3) is 1.93. The molecule has 0 aromatic rings. The normalized spacial score (nSPS) is 32.9. The second-order valence-electron chi connectivity index (χ2n) is 5.99. The summed E-state index contributed by atoms with van der Waals surface area (Å²) < 4.78 is 5.33. The molecule has 2 fully saturated rings. The molecule has 1 saturated heterocycles. The van der Waals surface area contributed by atoms with E-state index < -0.39 is 5.60 Å². The standard InChI is InChI=1S/C12H19NO3/c1-11(2,3)16-10(15)13-7-12(8-14)5-4-9(13)6-12/h8-9H,4-7H2,1-3H3/t9-,12-/m0/s1. The summed E-state index contributed by atoms with van der Waals surface area (Å²) in [5.74, 6) is 0. The largest absolute Gasteiger partial charge is 0.444 e. The zero-order valence-corrected chi connectivity index (χ0v) is 10.2. The van der Waals surface area contributed by atoms with Crippen molar-refractivity contribution in [2.24, 2.45) is 5.41 Å². The van der Waals surface area contributed by atoms with Crippen LogP contribution in [0, 0.1) is 5.41 Å². The number of amides is 1. The molecule has 4 nitrogen and oxygen atoms in total. The van der Waals surface area contributed by atoms with Crippen molar-refractivity contribution in [2.75, 3.05) is 6.54 Å². The van der Waals surface area contributed by atoms with E-state index in [2.05, 4.69) is 0 Å². The second kappa shape index (κ2) is 3.47. The monoisotopic (exact) mass is 225 g/mol. The summed E-state index contributed by atoms with van der Waals surface area (Å²) in [6.07, 6.45) is 3.41. The Bertz CT molecular complexity index is 321. The Kier molecular flexibility index (Phi) is 2.48. The molecule has 0 unspecified atom stereocenters. The second-order valence-corrected chi connectivity index (χ2v) is 5.99. The number of piperidine rings is 1. The third-order valence-corrected chi connectivity index (χ3v) is 3.42. The number of hydrogen-bond acceptors (Lipinski definition) is 3. The first-order chi connectivity index (χ1) is 7.35. The van der Waals surface area contributed by atoms with Gasteiger partial charge in [-0.1, -0.05) is 0 Å². The minimum atomic E-state index is -0.465. The van der Waals surface area contributed by atoms with Crippen molar-refractivity contribution in [1.29, 1.82) is 0 Å². The van der Waals surface area contributed by atoms with Gasteiger partial charge in [0.1, 0.15) is 11.9 Å². The number of carbonyl (C=O) groups excluding carboxylic acids is 2. The van der Waals surface area contributed by atoms with Gasteiger partial charge in [-0.15, -0.1) is 0 Å². The number of ether oxygens (including phenoxy) is 1. The van der Waals surface area contributed by atoms with E-state index in [1.54, 1.807) is 4.90 Å². The van der Waals surface area contributed by atoms with Gasteiger partial charge in [0.2, 0.25) is 0 Å². The molecule has 1 saturated carbocycles. The number of aldehydes is 1. The van der Waals surface area contributed by atoms with Gasteiger partial charge in [-0.2, -0.15) is 0 Å². The van der Waals surface area contributed by atoms with Crippen LogP contribution in [-0.2, 0) is 9.53 Å². The molecule has 0 aromatic carbocycles. The summed E-state index contributed by atoms with van der Waals surface area (Å²) in [5.41, 5.74) is -0.741. The van der Waals surface area contributed by atoms with Crippen LogP contribution in [0.25, 0.3) is 0 Å². The van der Waals surface area contributed by atoms with Crippen LogP contribution in [-0.4, -0.2) is 35.5 Å². The van der Waals surface area contributed by atoms with Gasteiger partial charge >= 0.3 is 6.09 Å². The Balaban J connectivity index is 2.03. The van der Waals surface area contributed by atoms with Crippen molar-refractivity contribution < 1.29 is 14.3 Å². The summed E-state index contributed by atoms with van der Waals surface area (Å²) >= 11 is 0. The van der Waals surface area contributed by atoms with Crippen LogP contribution in [0.2, 0.25) is 0 Å². The van der Waals surface area contributed by atoms with Gasteiger partial charge in [-0.3, -0.25) is 0 Å². The van der Waals surface area contributed by atoms with Crippen LogP contribution >= 0.6 is 0 Å². The summed E-state index contributed by atoms with van der Waals surface area (Å²) in [6.45, 7) is 6.11. The lowest BCUT2D eigenvalue weighted by Gasteiger charge is -2.31. The fourth-order valence-electron chi connectivity index (χ4n) is 2.68. The van der Waals surface area contributed by atoms with Crippen LogP contribution in [0.5, 0.6) is 0 Å². The number of likely N-dealkylation sites (tertiary alicyclic amines) is 1. The van der Waals surface area contributed by atoms with E-state index in [4.69, 9.17) is 4.74 Å². The lowest BCUT2D eigenvalue weighted by Crippen LogP contribution is -2.43. The summed E-state index contributed by atoms with van der Waals surface area (Å²) in [5, 5.41) is 0. The quantitative estimate of drug-likeness (QED) is 0.641. The minimum Gasteiger partial charge on any atom is -0.444 e. The first-order valence-electron chi connectivity index (χ1n) is 5.81. The molecular weight excluding hydrogens is 206 g/mol. The first-order valence-corrected chi connectivity index (χ1v) is 5.81. The number of nitrogens with zero attached hydrogens (tertiary/aromatic N) is 1.